The third-order valence-electron chi connectivity index (χ3n) is 3.05. The van der Waals surface area contributed by atoms with E-state index in [0.717, 1.165) is 19.3 Å². The van der Waals surface area contributed by atoms with E-state index in [-0.39, 0.29) is 5.76 Å². The second kappa shape index (κ2) is 10.2. The summed E-state index contributed by atoms with van der Waals surface area (Å²) in [5.74, 6) is -1.98. The summed E-state index contributed by atoms with van der Waals surface area (Å²) in [6.07, 6.45) is 9.95. The second-order valence-electron chi connectivity index (χ2n) is 4.65. The number of carboxylic acids is 1. The first-order chi connectivity index (χ1) is 8.09. The third kappa shape index (κ3) is 8.78. The molecular formula is C14H26O3. The van der Waals surface area contributed by atoms with Gasteiger partial charge in [0.15, 0.2) is 0 Å². The third-order valence-corrected chi connectivity index (χ3v) is 3.05. The highest BCUT2D eigenvalue weighted by Gasteiger charge is 2.19. The molecule has 2 N–H and O–H groups in total. The fourth-order valence-electron chi connectivity index (χ4n) is 1.91. The van der Waals surface area contributed by atoms with Crippen LogP contribution in [-0.4, -0.2) is 16.2 Å². The topological polar surface area (TPSA) is 57.5 Å². The summed E-state index contributed by atoms with van der Waals surface area (Å²) >= 11 is 0. The van der Waals surface area contributed by atoms with Gasteiger partial charge in [0.25, 0.3) is 0 Å². The minimum absolute atomic E-state index is 0.222. The SMILES string of the molecule is C=C(O)C(CCCCCCCCCC)C(=O)O. The molecule has 0 aromatic heterocycles. The Bertz CT molecular complexity index is 210. The Hall–Kier alpha value is -0.990. The molecule has 3 heteroatoms. The van der Waals surface area contributed by atoms with Crippen molar-refractivity contribution in [3.05, 3.63) is 12.3 Å². The average molecular weight is 242 g/mol. The Morgan fingerprint density at radius 3 is 1.88 bits per heavy atom. The number of rotatable bonds is 11. The highest BCUT2D eigenvalue weighted by molar-refractivity contribution is 5.72. The number of hydrogen-bond donors (Lipinski definition) is 2. The summed E-state index contributed by atoms with van der Waals surface area (Å²) in [6.45, 7) is 5.50. The predicted octanol–water partition coefficient (Wildman–Crippen LogP) is 4.29. The molecule has 17 heavy (non-hydrogen) atoms. The fraction of sp³-hybridized carbons (Fsp3) is 0.786. The van der Waals surface area contributed by atoms with Gasteiger partial charge < -0.3 is 10.2 Å². The molecule has 0 rings (SSSR count). The molecule has 0 amide bonds. The van der Waals surface area contributed by atoms with Crippen molar-refractivity contribution in [2.24, 2.45) is 5.92 Å². The minimum Gasteiger partial charge on any atom is -0.512 e. The van der Waals surface area contributed by atoms with E-state index in [4.69, 9.17) is 10.2 Å². The largest absolute Gasteiger partial charge is 0.512 e. The maximum atomic E-state index is 10.8. The van der Waals surface area contributed by atoms with Crippen LogP contribution in [0.4, 0.5) is 0 Å². The van der Waals surface area contributed by atoms with Crippen LogP contribution in [0.5, 0.6) is 0 Å². The van der Waals surface area contributed by atoms with Gasteiger partial charge >= 0.3 is 5.97 Å². The zero-order chi connectivity index (χ0) is 13.1. The molecule has 0 aliphatic carbocycles. The van der Waals surface area contributed by atoms with Gasteiger partial charge in [-0.3, -0.25) is 4.79 Å². The molecule has 0 saturated carbocycles. The number of hydrogen-bond acceptors (Lipinski definition) is 2. The molecule has 0 fully saturated rings. The lowest BCUT2D eigenvalue weighted by Crippen LogP contribution is -2.15. The van der Waals surface area contributed by atoms with E-state index in [9.17, 15) is 4.79 Å². The van der Waals surface area contributed by atoms with Crippen LogP contribution in [0.3, 0.4) is 0 Å². The van der Waals surface area contributed by atoms with Gasteiger partial charge in [-0.05, 0) is 6.42 Å². The maximum absolute atomic E-state index is 10.8. The number of carbonyl (C=O) groups is 1. The van der Waals surface area contributed by atoms with E-state index >= 15 is 0 Å². The van der Waals surface area contributed by atoms with Crippen LogP contribution in [-0.2, 0) is 4.79 Å². The normalized spacial score (nSPS) is 12.3. The van der Waals surface area contributed by atoms with Crippen LogP contribution in [0, 0.1) is 5.92 Å². The van der Waals surface area contributed by atoms with Crippen LogP contribution in [0.1, 0.15) is 64.7 Å². The highest BCUT2D eigenvalue weighted by Crippen LogP contribution is 2.17. The van der Waals surface area contributed by atoms with Gasteiger partial charge in [0.05, 0.1) is 5.76 Å². The Kier molecular flexibility index (Phi) is 9.59. The predicted molar refractivity (Wildman–Crippen MR) is 70.1 cm³/mol. The van der Waals surface area contributed by atoms with Crippen molar-refractivity contribution in [1.29, 1.82) is 0 Å². The van der Waals surface area contributed by atoms with Crippen molar-refractivity contribution in [2.75, 3.05) is 0 Å². The monoisotopic (exact) mass is 242 g/mol. The molecule has 0 bridgehead atoms. The number of aliphatic hydroxyl groups excluding tert-OH is 1. The molecule has 0 spiro atoms. The van der Waals surface area contributed by atoms with Crippen LogP contribution in [0.15, 0.2) is 12.3 Å². The summed E-state index contributed by atoms with van der Waals surface area (Å²) in [5.41, 5.74) is 0. The second-order valence-corrected chi connectivity index (χ2v) is 4.65. The van der Waals surface area contributed by atoms with Crippen molar-refractivity contribution >= 4 is 5.97 Å². The molecule has 0 saturated heterocycles. The van der Waals surface area contributed by atoms with E-state index in [0.29, 0.717) is 6.42 Å². The molecule has 0 aliphatic heterocycles. The first-order valence-electron chi connectivity index (χ1n) is 6.70. The van der Waals surface area contributed by atoms with Gasteiger partial charge in [0, 0.05) is 0 Å². The van der Waals surface area contributed by atoms with Gasteiger partial charge in [0.2, 0.25) is 0 Å². The minimum atomic E-state index is -0.972. The summed E-state index contributed by atoms with van der Waals surface area (Å²) in [5, 5.41) is 17.9. The van der Waals surface area contributed by atoms with Gasteiger partial charge in [0.1, 0.15) is 5.92 Å². The zero-order valence-electron chi connectivity index (χ0n) is 11.0. The zero-order valence-corrected chi connectivity index (χ0v) is 11.0. The van der Waals surface area contributed by atoms with Crippen molar-refractivity contribution in [1.82, 2.24) is 0 Å². The van der Waals surface area contributed by atoms with Crippen molar-refractivity contribution < 1.29 is 15.0 Å². The van der Waals surface area contributed by atoms with E-state index in [1.165, 1.54) is 32.1 Å². The van der Waals surface area contributed by atoms with Crippen molar-refractivity contribution in [3.8, 4) is 0 Å². The summed E-state index contributed by atoms with van der Waals surface area (Å²) < 4.78 is 0. The lowest BCUT2D eigenvalue weighted by atomic mass is 9.99. The van der Waals surface area contributed by atoms with Crippen LogP contribution in [0.2, 0.25) is 0 Å². The van der Waals surface area contributed by atoms with Crippen LogP contribution >= 0.6 is 0 Å². The van der Waals surface area contributed by atoms with E-state index < -0.39 is 11.9 Å². The molecule has 100 valence electrons. The summed E-state index contributed by atoms with van der Waals surface area (Å²) in [7, 11) is 0. The first kappa shape index (κ1) is 16.0. The molecule has 0 aromatic carbocycles. The quantitative estimate of drug-likeness (QED) is 0.420. The van der Waals surface area contributed by atoms with Gasteiger partial charge in [-0.25, -0.2) is 0 Å². The molecule has 0 heterocycles. The number of aliphatic carboxylic acids is 1. The number of aliphatic hydroxyl groups is 1. The Morgan fingerprint density at radius 1 is 1.00 bits per heavy atom. The summed E-state index contributed by atoms with van der Waals surface area (Å²) in [6, 6.07) is 0. The smallest absolute Gasteiger partial charge is 0.314 e. The molecule has 0 aliphatic rings. The maximum Gasteiger partial charge on any atom is 0.314 e. The van der Waals surface area contributed by atoms with Gasteiger partial charge in [-0.1, -0.05) is 64.9 Å². The van der Waals surface area contributed by atoms with Gasteiger partial charge in [-0.15, -0.1) is 0 Å². The Morgan fingerprint density at radius 2 is 1.47 bits per heavy atom. The van der Waals surface area contributed by atoms with E-state index in [2.05, 4.69) is 13.5 Å². The Balaban J connectivity index is 3.43. The lowest BCUT2D eigenvalue weighted by molar-refractivity contribution is -0.141. The first-order valence-corrected chi connectivity index (χ1v) is 6.70. The molecular weight excluding hydrogens is 216 g/mol. The van der Waals surface area contributed by atoms with E-state index in [1.807, 2.05) is 0 Å². The lowest BCUT2D eigenvalue weighted by Gasteiger charge is -2.10. The molecule has 0 radical (unpaired) electrons. The van der Waals surface area contributed by atoms with Crippen LogP contribution in [0.25, 0.3) is 0 Å². The highest BCUT2D eigenvalue weighted by atomic mass is 16.4. The number of carboxylic acid groups (broad SMARTS) is 1. The van der Waals surface area contributed by atoms with Gasteiger partial charge in [-0.2, -0.15) is 0 Å². The fourth-order valence-corrected chi connectivity index (χ4v) is 1.91. The van der Waals surface area contributed by atoms with E-state index in [1.54, 1.807) is 0 Å². The molecule has 1 unspecified atom stereocenters. The van der Waals surface area contributed by atoms with Crippen molar-refractivity contribution in [3.63, 3.8) is 0 Å². The summed E-state index contributed by atoms with van der Waals surface area (Å²) in [4.78, 5) is 10.8. The standard InChI is InChI=1S/C14H26O3/c1-3-4-5-6-7-8-9-10-11-13(12(2)15)14(16)17/h13,15H,2-11H2,1H3,(H,16,17). The van der Waals surface area contributed by atoms with Crippen LogP contribution < -0.4 is 0 Å². The molecule has 3 nitrogen and oxygen atoms in total. The van der Waals surface area contributed by atoms with Crippen molar-refractivity contribution in [2.45, 2.75) is 64.7 Å². The molecule has 0 aromatic rings. The molecule has 1 atom stereocenters. The Labute approximate surface area is 105 Å². The number of unbranched alkanes of at least 4 members (excludes halogenated alkanes) is 7. The average Bonchev–Trinajstić information content (AvgIpc) is 2.26.